The molecular weight excluding hydrogens is 622 g/mol. The van der Waals surface area contributed by atoms with Gasteiger partial charge in [0.2, 0.25) is 0 Å². The summed E-state index contributed by atoms with van der Waals surface area (Å²) >= 11 is 0. The molecule has 5 rings (SSSR count). The minimum absolute atomic E-state index is 0.0170. The molecule has 0 spiro atoms. The van der Waals surface area contributed by atoms with Crippen LogP contribution in [0.5, 0.6) is 17.2 Å². The molecule has 17 nitrogen and oxygen atoms in total. The number of fused-ring (bicyclic) bond motifs is 2. The van der Waals surface area contributed by atoms with Gasteiger partial charge >= 0.3 is 5.69 Å². The van der Waals surface area contributed by atoms with E-state index in [9.17, 15) is 35.8 Å². The predicted molar refractivity (Wildman–Crippen MR) is 156 cm³/mol. The predicted octanol–water partition coefficient (Wildman–Crippen LogP) is 4.64. The molecule has 0 aliphatic heterocycles. The number of nitrogens with one attached hydrogen (secondary N) is 2. The first kappa shape index (κ1) is 30.1. The van der Waals surface area contributed by atoms with Crippen LogP contribution in [0.4, 0.5) is 28.4 Å². The Balaban J connectivity index is 1.59. The summed E-state index contributed by atoms with van der Waals surface area (Å²) in [6, 6.07) is 10.2. The second-order valence-corrected chi connectivity index (χ2v) is 11.8. The molecule has 0 saturated heterocycles. The quantitative estimate of drug-likeness (QED) is 0.0769. The van der Waals surface area contributed by atoms with E-state index in [2.05, 4.69) is 30.4 Å². The van der Waals surface area contributed by atoms with Crippen molar-refractivity contribution < 1.29 is 40.5 Å². The highest BCUT2D eigenvalue weighted by molar-refractivity contribution is 7.86. The number of hydrogen-bond donors (Lipinski definition) is 6. The lowest BCUT2D eigenvalue weighted by molar-refractivity contribution is 0.405. The fourth-order valence-corrected chi connectivity index (χ4v) is 5.52. The Labute approximate surface area is 247 Å². The number of nitrogens with zero attached hydrogens (tertiary/aromatic N) is 4. The number of benzene rings is 4. The smallest absolute Gasteiger partial charge is 0.323 e. The SMILES string of the molecule is COc1cc(N=Nc2c(S(=O)(=O)O)cc3cc(S(=O)(=O)O)c(N)cc3c2O)c(OC)cc1N=Nc1ccc2[nH]c(=O)[nH]c2c1. The number of azo groups is 2. The van der Waals surface area contributed by atoms with Crippen molar-refractivity contribution in [2.75, 3.05) is 20.0 Å². The average Bonchev–Trinajstić information content (AvgIpc) is 3.33. The first-order chi connectivity index (χ1) is 20.7. The Hall–Kier alpha value is -5.37. The van der Waals surface area contributed by atoms with E-state index in [4.69, 9.17) is 15.2 Å². The van der Waals surface area contributed by atoms with Gasteiger partial charge in [-0.15, -0.1) is 15.3 Å². The van der Waals surface area contributed by atoms with Crippen molar-refractivity contribution in [3.05, 3.63) is 59.0 Å². The molecule has 228 valence electrons. The largest absolute Gasteiger partial charge is 0.505 e. The number of ether oxygens (including phenoxy) is 2. The molecule has 1 heterocycles. The van der Waals surface area contributed by atoms with E-state index in [1.165, 1.54) is 26.4 Å². The number of aromatic nitrogens is 2. The van der Waals surface area contributed by atoms with Crippen molar-refractivity contribution >= 4 is 70.5 Å². The molecule has 44 heavy (non-hydrogen) atoms. The number of imidazole rings is 1. The summed E-state index contributed by atoms with van der Waals surface area (Å²) in [4.78, 5) is 15.1. The van der Waals surface area contributed by atoms with E-state index in [-0.39, 0.29) is 39.3 Å². The van der Waals surface area contributed by atoms with Crippen molar-refractivity contribution in [2.24, 2.45) is 20.5 Å². The number of anilines is 1. The van der Waals surface area contributed by atoms with Gasteiger partial charge in [-0.2, -0.15) is 21.9 Å². The number of phenols is 1. The first-order valence-corrected chi connectivity index (χ1v) is 14.9. The van der Waals surface area contributed by atoms with Crippen LogP contribution in [-0.2, 0) is 20.2 Å². The molecule has 0 atom stereocenters. The Kier molecular flexibility index (Phi) is 7.55. The van der Waals surface area contributed by atoms with Crippen LogP contribution in [0.1, 0.15) is 0 Å². The molecule has 4 aromatic carbocycles. The van der Waals surface area contributed by atoms with Gasteiger partial charge in [0.15, 0.2) is 5.75 Å². The number of nitrogens with two attached hydrogens (primary N) is 1. The van der Waals surface area contributed by atoms with Crippen LogP contribution >= 0.6 is 0 Å². The Morgan fingerprint density at radius 1 is 0.750 bits per heavy atom. The van der Waals surface area contributed by atoms with Crippen LogP contribution in [0.3, 0.4) is 0 Å². The van der Waals surface area contributed by atoms with Gasteiger partial charge in [-0.05, 0) is 41.8 Å². The molecule has 7 N–H and O–H groups in total. The molecule has 0 saturated carbocycles. The molecule has 0 radical (unpaired) electrons. The average molecular weight is 644 g/mol. The van der Waals surface area contributed by atoms with Crippen LogP contribution in [0, 0.1) is 0 Å². The molecule has 0 aliphatic rings. The lowest BCUT2D eigenvalue weighted by Gasteiger charge is -2.12. The molecule has 0 unspecified atom stereocenters. The fourth-order valence-electron chi connectivity index (χ4n) is 4.23. The fraction of sp³-hybridized carbons (Fsp3) is 0.0800. The van der Waals surface area contributed by atoms with Gasteiger partial charge < -0.3 is 30.3 Å². The molecule has 19 heteroatoms. The Morgan fingerprint density at radius 3 is 1.91 bits per heavy atom. The second kappa shape index (κ2) is 11.0. The van der Waals surface area contributed by atoms with Crippen molar-refractivity contribution in [3.8, 4) is 17.2 Å². The van der Waals surface area contributed by atoms with Gasteiger partial charge in [0, 0.05) is 17.5 Å². The number of hydrogen-bond acceptors (Lipinski definition) is 13. The van der Waals surface area contributed by atoms with Gasteiger partial charge in [0.1, 0.15) is 38.4 Å². The third-order valence-corrected chi connectivity index (χ3v) is 8.02. The van der Waals surface area contributed by atoms with E-state index < -0.39 is 47.2 Å². The highest BCUT2D eigenvalue weighted by Crippen LogP contribution is 2.45. The zero-order chi connectivity index (χ0) is 32.0. The van der Waals surface area contributed by atoms with Gasteiger partial charge in [0.05, 0.1) is 36.6 Å². The Morgan fingerprint density at radius 2 is 1.32 bits per heavy atom. The lowest BCUT2D eigenvalue weighted by atomic mass is 10.1. The highest BCUT2D eigenvalue weighted by Gasteiger charge is 2.25. The summed E-state index contributed by atoms with van der Waals surface area (Å²) in [6.45, 7) is 0. The summed E-state index contributed by atoms with van der Waals surface area (Å²) in [5.41, 5.74) is 5.89. The van der Waals surface area contributed by atoms with Gasteiger partial charge in [-0.1, -0.05) is 0 Å². The van der Waals surface area contributed by atoms with E-state index in [1.54, 1.807) is 18.2 Å². The summed E-state index contributed by atoms with van der Waals surface area (Å²) in [5, 5.41) is 26.7. The third-order valence-electron chi connectivity index (χ3n) is 6.25. The standard InChI is InChI=1S/C25H21N7O10S2/c1-41-19-10-18(20(42-2)9-17(19)30-29-12-3-4-15-16(7-12)28-25(34)27-15)31-32-23-22(44(38,39)40)6-11-5-21(43(35,36)37)14(26)8-13(11)24(23)33/h3-10,33H,26H2,1-2H3,(H2,27,28,34)(H,35,36,37)(H,38,39,40). The number of H-pyrrole nitrogens is 2. The number of nitrogen functional groups attached to an aromatic ring is 1. The van der Waals surface area contributed by atoms with Crippen LogP contribution in [0.2, 0.25) is 0 Å². The second-order valence-electron chi connectivity index (χ2n) is 9.04. The maximum Gasteiger partial charge on any atom is 0.323 e. The van der Waals surface area contributed by atoms with Gasteiger partial charge in [0.25, 0.3) is 20.2 Å². The Bertz CT molecular complexity index is 2310. The monoisotopic (exact) mass is 643 g/mol. The minimum atomic E-state index is -5.05. The van der Waals surface area contributed by atoms with Gasteiger partial charge in [-0.25, -0.2) is 4.79 Å². The van der Waals surface area contributed by atoms with Crippen LogP contribution in [0.15, 0.2) is 83.6 Å². The van der Waals surface area contributed by atoms with E-state index >= 15 is 0 Å². The molecule has 0 fully saturated rings. The molecule has 0 bridgehead atoms. The maximum atomic E-state index is 12.2. The third kappa shape index (κ3) is 5.79. The summed E-state index contributed by atoms with van der Waals surface area (Å²) in [6.07, 6.45) is 0. The normalized spacial score (nSPS) is 12.5. The number of aromatic amines is 2. The molecule has 0 aliphatic carbocycles. The topological polar surface area (TPSA) is 272 Å². The van der Waals surface area contributed by atoms with E-state index in [0.717, 1.165) is 18.2 Å². The summed E-state index contributed by atoms with van der Waals surface area (Å²) in [5.74, 6) is -0.600. The van der Waals surface area contributed by atoms with Crippen molar-refractivity contribution in [3.63, 3.8) is 0 Å². The van der Waals surface area contributed by atoms with Crippen molar-refractivity contribution in [2.45, 2.75) is 9.79 Å². The lowest BCUT2D eigenvalue weighted by Crippen LogP contribution is -2.04. The molecular formula is C25H21N7O10S2. The number of phenolic OH excluding ortho intramolecular Hbond substituents is 1. The molecule has 0 amide bonds. The first-order valence-electron chi connectivity index (χ1n) is 12.1. The summed E-state index contributed by atoms with van der Waals surface area (Å²) < 4.78 is 77.7. The highest BCUT2D eigenvalue weighted by atomic mass is 32.2. The van der Waals surface area contributed by atoms with Crippen molar-refractivity contribution in [1.29, 1.82) is 0 Å². The maximum absolute atomic E-state index is 12.2. The van der Waals surface area contributed by atoms with E-state index in [1.807, 2.05) is 0 Å². The minimum Gasteiger partial charge on any atom is -0.505 e. The number of methoxy groups -OCH3 is 2. The van der Waals surface area contributed by atoms with Crippen LogP contribution in [0.25, 0.3) is 21.8 Å². The molecule has 5 aromatic rings. The summed E-state index contributed by atoms with van der Waals surface area (Å²) in [7, 11) is -7.20. The zero-order valence-electron chi connectivity index (χ0n) is 22.5. The van der Waals surface area contributed by atoms with E-state index in [0.29, 0.717) is 16.7 Å². The molecule has 1 aromatic heterocycles. The number of aromatic hydroxyl groups is 1. The van der Waals surface area contributed by atoms with Crippen LogP contribution in [-0.4, -0.2) is 55.2 Å². The number of rotatable bonds is 8. The van der Waals surface area contributed by atoms with Crippen molar-refractivity contribution in [1.82, 2.24) is 9.97 Å². The van der Waals surface area contributed by atoms with Gasteiger partial charge in [-0.3, -0.25) is 9.11 Å². The zero-order valence-corrected chi connectivity index (χ0v) is 24.1. The van der Waals surface area contributed by atoms with Crippen LogP contribution < -0.4 is 20.9 Å².